The predicted molar refractivity (Wildman–Crippen MR) is 66.5 cm³/mol. The summed E-state index contributed by atoms with van der Waals surface area (Å²) in [5, 5.41) is 21.5. The van der Waals surface area contributed by atoms with Crippen molar-refractivity contribution in [1.82, 2.24) is 5.32 Å². The summed E-state index contributed by atoms with van der Waals surface area (Å²) in [7, 11) is 0. The number of nitrogens with one attached hydrogen (secondary N) is 2. The lowest BCUT2D eigenvalue weighted by atomic mass is 10.2. The van der Waals surface area contributed by atoms with Crippen molar-refractivity contribution in [2.24, 2.45) is 0 Å². The number of benzene rings is 1. The number of amides is 2. The van der Waals surface area contributed by atoms with E-state index in [0.29, 0.717) is 5.69 Å². The molecule has 1 rings (SSSR count). The van der Waals surface area contributed by atoms with Crippen LogP contribution in [0.5, 0.6) is 0 Å². The number of anilines is 1. The highest BCUT2D eigenvalue weighted by molar-refractivity contribution is 6.40. The number of aliphatic hydroxyl groups excluding tert-OH is 1. The van der Waals surface area contributed by atoms with E-state index < -0.39 is 30.4 Å². The minimum Gasteiger partial charge on any atom is -0.480 e. The molecular formula is C12H14N2O5. The first-order valence-corrected chi connectivity index (χ1v) is 5.46. The standard InChI is InChI=1S/C12H14N2O5/c1-7-2-4-8(5-3-7)13-10(16)11(17)14-9(6-15)12(18)19/h2-5,9,15H,6H2,1H3,(H,13,16)(H,14,17)(H,18,19)/t9-/m0/s1. The zero-order valence-corrected chi connectivity index (χ0v) is 10.2. The van der Waals surface area contributed by atoms with Crippen molar-refractivity contribution in [3.63, 3.8) is 0 Å². The maximum atomic E-state index is 11.5. The van der Waals surface area contributed by atoms with Crippen molar-refractivity contribution >= 4 is 23.5 Å². The molecule has 0 saturated heterocycles. The second-order valence-electron chi connectivity index (χ2n) is 3.87. The molecule has 1 aromatic carbocycles. The Hall–Kier alpha value is -2.41. The Bertz CT molecular complexity index is 483. The molecule has 0 radical (unpaired) electrons. The topological polar surface area (TPSA) is 116 Å². The monoisotopic (exact) mass is 266 g/mol. The quantitative estimate of drug-likeness (QED) is 0.548. The normalized spacial score (nSPS) is 11.5. The summed E-state index contributed by atoms with van der Waals surface area (Å²) in [6.07, 6.45) is 0. The fourth-order valence-corrected chi connectivity index (χ4v) is 1.23. The minimum atomic E-state index is -1.50. The summed E-state index contributed by atoms with van der Waals surface area (Å²) < 4.78 is 0. The lowest BCUT2D eigenvalue weighted by molar-refractivity contribution is -0.144. The van der Waals surface area contributed by atoms with Gasteiger partial charge in [-0.15, -0.1) is 0 Å². The first kappa shape index (κ1) is 14.7. The Morgan fingerprint density at radius 2 is 1.74 bits per heavy atom. The lowest BCUT2D eigenvalue weighted by Gasteiger charge is -2.11. The molecule has 102 valence electrons. The largest absolute Gasteiger partial charge is 0.480 e. The molecule has 19 heavy (non-hydrogen) atoms. The van der Waals surface area contributed by atoms with Gasteiger partial charge < -0.3 is 20.8 Å². The molecule has 2 amide bonds. The molecule has 0 aliphatic heterocycles. The van der Waals surface area contributed by atoms with Gasteiger partial charge in [0.05, 0.1) is 6.61 Å². The maximum absolute atomic E-state index is 11.5. The van der Waals surface area contributed by atoms with E-state index in [4.69, 9.17) is 10.2 Å². The highest BCUT2D eigenvalue weighted by Gasteiger charge is 2.22. The average Bonchev–Trinajstić information content (AvgIpc) is 2.37. The Kier molecular flexibility index (Phi) is 5.01. The van der Waals surface area contributed by atoms with Crippen LogP contribution in [0.2, 0.25) is 0 Å². The third-order valence-corrected chi connectivity index (χ3v) is 2.30. The molecule has 4 N–H and O–H groups in total. The Morgan fingerprint density at radius 3 is 2.21 bits per heavy atom. The van der Waals surface area contributed by atoms with Crippen molar-refractivity contribution in [3.05, 3.63) is 29.8 Å². The second-order valence-corrected chi connectivity index (χ2v) is 3.87. The third-order valence-electron chi connectivity index (χ3n) is 2.30. The van der Waals surface area contributed by atoms with Crippen molar-refractivity contribution < 1.29 is 24.6 Å². The number of aliphatic carboxylic acids is 1. The Balaban J connectivity index is 2.60. The van der Waals surface area contributed by atoms with Crippen molar-refractivity contribution in [3.8, 4) is 0 Å². The van der Waals surface area contributed by atoms with Crippen LogP contribution in [0.4, 0.5) is 5.69 Å². The number of carboxylic acid groups (broad SMARTS) is 1. The SMILES string of the molecule is Cc1ccc(NC(=O)C(=O)N[C@@H](CO)C(=O)O)cc1. The van der Waals surface area contributed by atoms with Crippen LogP contribution in [0.25, 0.3) is 0 Å². The van der Waals surface area contributed by atoms with Gasteiger partial charge in [0, 0.05) is 5.69 Å². The molecule has 7 heteroatoms. The molecule has 1 aromatic rings. The van der Waals surface area contributed by atoms with Crippen LogP contribution in [0.1, 0.15) is 5.56 Å². The molecule has 0 aliphatic rings. The van der Waals surface area contributed by atoms with Gasteiger partial charge in [-0.05, 0) is 19.1 Å². The maximum Gasteiger partial charge on any atom is 0.328 e. The zero-order valence-electron chi connectivity index (χ0n) is 10.2. The van der Waals surface area contributed by atoms with E-state index in [1.807, 2.05) is 12.2 Å². The molecule has 0 bridgehead atoms. The lowest BCUT2D eigenvalue weighted by Crippen LogP contribution is -2.47. The van der Waals surface area contributed by atoms with E-state index in [9.17, 15) is 14.4 Å². The molecule has 0 aromatic heterocycles. The van der Waals surface area contributed by atoms with Gasteiger partial charge in [-0.3, -0.25) is 9.59 Å². The highest BCUT2D eigenvalue weighted by Crippen LogP contribution is 2.08. The van der Waals surface area contributed by atoms with Crippen LogP contribution >= 0.6 is 0 Å². The number of carbonyl (C=O) groups is 3. The summed E-state index contributed by atoms with van der Waals surface area (Å²) in [5.74, 6) is -3.54. The highest BCUT2D eigenvalue weighted by atomic mass is 16.4. The number of carbonyl (C=O) groups excluding carboxylic acids is 2. The van der Waals surface area contributed by atoms with E-state index in [-0.39, 0.29) is 0 Å². The predicted octanol–water partition coefficient (Wildman–Crippen LogP) is -0.505. The number of hydrogen-bond acceptors (Lipinski definition) is 4. The van der Waals surface area contributed by atoms with Crippen LogP contribution in [0, 0.1) is 6.92 Å². The fraction of sp³-hybridized carbons (Fsp3) is 0.250. The van der Waals surface area contributed by atoms with E-state index in [2.05, 4.69) is 5.32 Å². The number of rotatable bonds is 4. The zero-order chi connectivity index (χ0) is 14.4. The molecule has 1 atom stereocenters. The number of aliphatic hydroxyl groups is 1. The van der Waals surface area contributed by atoms with Gasteiger partial charge in [0.1, 0.15) is 0 Å². The smallest absolute Gasteiger partial charge is 0.328 e. The van der Waals surface area contributed by atoms with Crippen LogP contribution in [-0.2, 0) is 14.4 Å². The molecular weight excluding hydrogens is 252 g/mol. The fourth-order valence-electron chi connectivity index (χ4n) is 1.23. The van der Waals surface area contributed by atoms with Gasteiger partial charge in [-0.25, -0.2) is 4.79 Å². The van der Waals surface area contributed by atoms with Crippen LogP contribution in [-0.4, -0.2) is 40.6 Å². The van der Waals surface area contributed by atoms with Gasteiger partial charge in [-0.2, -0.15) is 0 Å². The van der Waals surface area contributed by atoms with Crippen molar-refractivity contribution in [2.75, 3.05) is 11.9 Å². The van der Waals surface area contributed by atoms with Gasteiger partial charge >= 0.3 is 17.8 Å². The van der Waals surface area contributed by atoms with E-state index >= 15 is 0 Å². The van der Waals surface area contributed by atoms with Gasteiger partial charge in [-0.1, -0.05) is 17.7 Å². The summed E-state index contributed by atoms with van der Waals surface area (Å²) in [4.78, 5) is 33.4. The minimum absolute atomic E-state index is 0.418. The summed E-state index contributed by atoms with van der Waals surface area (Å²) in [6, 6.07) is 5.22. The summed E-state index contributed by atoms with van der Waals surface area (Å²) in [6.45, 7) is 1.08. The molecule has 0 aliphatic carbocycles. The number of aryl methyl sites for hydroxylation is 1. The van der Waals surface area contributed by atoms with Crippen molar-refractivity contribution in [2.45, 2.75) is 13.0 Å². The number of carboxylic acids is 1. The molecule has 7 nitrogen and oxygen atoms in total. The van der Waals surface area contributed by atoms with E-state index in [1.165, 1.54) is 0 Å². The molecule has 0 fully saturated rings. The molecule has 0 unspecified atom stereocenters. The van der Waals surface area contributed by atoms with Crippen LogP contribution in [0.15, 0.2) is 24.3 Å². The van der Waals surface area contributed by atoms with E-state index in [0.717, 1.165) is 5.56 Å². The van der Waals surface area contributed by atoms with Crippen LogP contribution in [0.3, 0.4) is 0 Å². The Morgan fingerprint density at radius 1 is 1.16 bits per heavy atom. The molecule has 0 heterocycles. The van der Waals surface area contributed by atoms with E-state index in [1.54, 1.807) is 24.3 Å². The second kappa shape index (κ2) is 6.50. The first-order chi connectivity index (χ1) is 8.93. The average molecular weight is 266 g/mol. The van der Waals surface area contributed by atoms with Crippen LogP contribution < -0.4 is 10.6 Å². The van der Waals surface area contributed by atoms with Gasteiger partial charge in [0.15, 0.2) is 6.04 Å². The third kappa shape index (κ3) is 4.40. The molecule has 0 saturated carbocycles. The summed E-state index contributed by atoms with van der Waals surface area (Å²) >= 11 is 0. The molecule has 0 spiro atoms. The van der Waals surface area contributed by atoms with Gasteiger partial charge in [0.25, 0.3) is 0 Å². The summed E-state index contributed by atoms with van der Waals surface area (Å²) in [5.41, 5.74) is 1.41. The van der Waals surface area contributed by atoms with Gasteiger partial charge in [0.2, 0.25) is 0 Å². The van der Waals surface area contributed by atoms with Crippen molar-refractivity contribution in [1.29, 1.82) is 0 Å². The first-order valence-electron chi connectivity index (χ1n) is 5.46. The Labute approximate surface area is 109 Å². The number of hydrogen-bond donors (Lipinski definition) is 4.